The van der Waals surface area contributed by atoms with E-state index in [1.807, 2.05) is 18.2 Å². The quantitative estimate of drug-likeness (QED) is 0.594. The van der Waals surface area contributed by atoms with Crippen molar-refractivity contribution in [3.63, 3.8) is 0 Å². The first-order valence-electron chi connectivity index (χ1n) is 7.34. The van der Waals surface area contributed by atoms with E-state index < -0.39 is 0 Å². The summed E-state index contributed by atoms with van der Waals surface area (Å²) in [6.07, 6.45) is 4.70. The van der Waals surface area contributed by atoms with Gasteiger partial charge in [0.2, 0.25) is 0 Å². The Balaban J connectivity index is 1.82. The van der Waals surface area contributed by atoms with E-state index in [2.05, 4.69) is 46.6 Å². The fourth-order valence-corrected chi connectivity index (χ4v) is 3.37. The molecular weight excluding hydrogens is 377 g/mol. The van der Waals surface area contributed by atoms with E-state index in [9.17, 15) is 0 Å². The monoisotopic (exact) mass is 397 g/mol. The van der Waals surface area contributed by atoms with Crippen molar-refractivity contribution in [3.8, 4) is 11.5 Å². The molecule has 1 fully saturated rings. The predicted octanol–water partition coefficient (Wildman–Crippen LogP) is 4.61. The summed E-state index contributed by atoms with van der Waals surface area (Å²) in [5.41, 5.74) is 7.97. The first-order chi connectivity index (χ1) is 9.94. The first kappa shape index (κ1) is 14.8. The lowest BCUT2D eigenvalue weighted by Gasteiger charge is -2.32. The molecule has 0 amide bonds. The SMILES string of the molecule is CC1(C)CCC(c2noc(-c3cc(I)ccc3N)n2)CC1. The average molecular weight is 397 g/mol. The zero-order chi connectivity index (χ0) is 15.0. The molecule has 0 atom stereocenters. The molecule has 1 aliphatic carbocycles. The maximum absolute atomic E-state index is 6.01. The fourth-order valence-electron chi connectivity index (χ4n) is 2.88. The Morgan fingerprint density at radius 1 is 1.29 bits per heavy atom. The fraction of sp³-hybridized carbons (Fsp3) is 0.500. The van der Waals surface area contributed by atoms with Crippen molar-refractivity contribution in [2.45, 2.75) is 45.4 Å². The Labute approximate surface area is 138 Å². The Morgan fingerprint density at radius 2 is 2.00 bits per heavy atom. The van der Waals surface area contributed by atoms with Crippen molar-refractivity contribution in [3.05, 3.63) is 27.6 Å². The van der Waals surface area contributed by atoms with E-state index in [-0.39, 0.29) is 0 Å². The van der Waals surface area contributed by atoms with Crippen LogP contribution in [0.15, 0.2) is 22.7 Å². The van der Waals surface area contributed by atoms with Gasteiger partial charge in [-0.05, 0) is 71.9 Å². The largest absolute Gasteiger partial charge is 0.398 e. The maximum atomic E-state index is 6.01. The van der Waals surface area contributed by atoms with E-state index in [0.717, 1.165) is 27.8 Å². The topological polar surface area (TPSA) is 64.9 Å². The van der Waals surface area contributed by atoms with Gasteiger partial charge in [0.1, 0.15) is 0 Å². The second-order valence-electron chi connectivity index (χ2n) is 6.63. The maximum Gasteiger partial charge on any atom is 0.260 e. The second-order valence-corrected chi connectivity index (χ2v) is 7.87. The number of nitrogens with two attached hydrogens (primary N) is 1. The number of benzene rings is 1. The minimum Gasteiger partial charge on any atom is -0.398 e. The van der Waals surface area contributed by atoms with Gasteiger partial charge in [-0.3, -0.25) is 0 Å². The molecule has 0 bridgehead atoms. The average Bonchev–Trinajstić information content (AvgIpc) is 2.91. The van der Waals surface area contributed by atoms with E-state index in [1.165, 1.54) is 12.8 Å². The second kappa shape index (κ2) is 5.59. The van der Waals surface area contributed by atoms with Gasteiger partial charge in [0.15, 0.2) is 5.82 Å². The van der Waals surface area contributed by atoms with Crippen LogP contribution in [0.3, 0.4) is 0 Å². The smallest absolute Gasteiger partial charge is 0.260 e. The highest BCUT2D eigenvalue weighted by Gasteiger charge is 2.30. The summed E-state index contributed by atoms with van der Waals surface area (Å²) in [5.74, 6) is 1.78. The molecule has 112 valence electrons. The number of anilines is 1. The van der Waals surface area contributed by atoms with Crippen LogP contribution in [0, 0.1) is 8.99 Å². The Kier molecular flexibility index (Phi) is 3.94. The third-order valence-electron chi connectivity index (χ3n) is 4.39. The highest BCUT2D eigenvalue weighted by Crippen LogP contribution is 2.42. The van der Waals surface area contributed by atoms with Crippen LogP contribution in [0.2, 0.25) is 0 Å². The number of rotatable bonds is 2. The normalized spacial score (nSPS) is 18.8. The highest BCUT2D eigenvalue weighted by atomic mass is 127. The standard InChI is InChI=1S/C16H20IN3O/c1-16(2)7-5-10(6-8-16)14-19-15(21-20-14)12-9-11(17)3-4-13(12)18/h3-4,9-10H,5-8,18H2,1-2H3. The van der Waals surface area contributed by atoms with Crippen molar-refractivity contribution >= 4 is 28.3 Å². The van der Waals surface area contributed by atoms with Crippen LogP contribution >= 0.6 is 22.6 Å². The number of nitrogen functional groups attached to an aromatic ring is 1. The van der Waals surface area contributed by atoms with E-state index in [4.69, 9.17) is 10.3 Å². The molecule has 0 saturated heterocycles. The molecule has 5 heteroatoms. The zero-order valence-electron chi connectivity index (χ0n) is 12.4. The Bertz CT molecular complexity index is 641. The molecule has 4 nitrogen and oxygen atoms in total. The van der Waals surface area contributed by atoms with Crippen molar-refractivity contribution < 1.29 is 4.52 Å². The van der Waals surface area contributed by atoms with Crippen LogP contribution in [0.4, 0.5) is 5.69 Å². The molecule has 1 aromatic heterocycles. The molecule has 0 aliphatic heterocycles. The summed E-state index contributed by atoms with van der Waals surface area (Å²) in [6.45, 7) is 4.66. The van der Waals surface area contributed by atoms with Crippen molar-refractivity contribution in [2.24, 2.45) is 5.41 Å². The lowest BCUT2D eigenvalue weighted by Crippen LogP contribution is -2.20. The van der Waals surface area contributed by atoms with Gasteiger partial charge in [0.05, 0.1) is 5.56 Å². The molecule has 0 spiro atoms. The minimum atomic E-state index is 0.416. The van der Waals surface area contributed by atoms with Crippen molar-refractivity contribution in [2.75, 3.05) is 5.73 Å². The van der Waals surface area contributed by atoms with Gasteiger partial charge in [-0.1, -0.05) is 19.0 Å². The Morgan fingerprint density at radius 3 is 2.71 bits per heavy atom. The lowest BCUT2D eigenvalue weighted by molar-refractivity contribution is 0.218. The van der Waals surface area contributed by atoms with Gasteiger partial charge in [0, 0.05) is 15.2 Å². The van der Waals surface area contributed by atoms with Crippen LogP contribution in [-0.4, -0.2) is 10.1 Å². The van der Waals surface area contributed by atoms with Gasteiger partial charge >= 0.3 is 0 Å². The van der Waals surface area contributed by atoms with Gasteiger partial charge in [-0.2, -0.15) is 4.98 Å². The molecular formula is C16H20IN3O. The van der Waals surface area contributed by atoms with Gasteiger partial charge < -0.3 is 10.3 Å². The van der Waals surface area contributed by atoms with Crippen LogP contribution in [0.25, 0.3) is 11.5 Å². The molecule has 1 heterocycles. The number of halogens is 1. The van der Waals surface area contributed by atoms with Crippen LogP contribution in [-0.2, 0) is 0 Å². The summed E-state index contributed by atoms with van der Waals surface area (Å²) in [5, 5.41) is 4.19. The van der Waals surface area contributed by atoms with Gasteiger partial charge in [-0.25, -0.2) is 0 Å². The molecule has 3 rings (SSSR count). The third-order valence-corrected chi connectivity index (χ3v) is 5.06. The summed E-state index contributed by atoms with van der Waals surface area (Å²) < 4.78 is 6.55. The van der Waals surface area contributed by atoms with Crippen LogP contribution in [0.5, 0.6) is 0 Å². The molecule has 0 unspecified atom stereocenters. The number of hydrogen-bond donors (Lipinski definition) is 1. The molecule has 2 aromatic rings. The third kappa shape index (κ3) is 3.22. The van der Waals surface area contributed by atoms with Crippen molar-refractivity contribution in [1.82, 2.24) is 10.1 Å². The summed E-state index contributed by atoms with van der Waals surface area (Å²) >= 11 is 2.26. The molecule has 1 aliphatic rings. The Hall–Kier alpha value is -1.11. The highest BCUT2D eigenvalue weighted by molar-refractivity contribution is 14.1. The van der Waals surface area contributed by atoms with E-state index >= 15 is 0 Å². The van der Waals surface area contributed by atoms with Crippen molar-refractivity contribution in [1.29, 1.82) is 0 Å². The lowest BCUT2D eigenvalue weighted by atomic mass is 9.73. The molecule has 0 radical (unpaired) electrons. The molecule has 21 heavy (non-hydrogen) atoms. The number of nitrogens with zero attached hydrogens (tertiary/aromatic N) is 2. The number of aromatic nitrogens is 2. The summed E-state index contributed by atoms with van der Waals surface area (Å²) in [7, 11) is 0. The van der Waals surface area contributed by atoms with E-state index in [1.54, 1.807) is 0 Å². The number of hydrogen-bond acceptors (Lipinski definition) is 4. The van der Waals surface area contributed by atoms with Gasteiger partial charge in [0.25, 0.3) is 5.89 Å². The molecule has 1 aromatic carbocycles. The van der Waals surface area contributed by atoms with E-state index in [0.29, 0.717) is 22.9 Å². The predicted molar refractivity (Wildman–Crippen MR) is 91.9 cm³/mol. The van der Waals surface area contributed by atoms with Crippen LogP contribution in [0.1, 0.15) is 51.3 Å². The zero-order valence-corrected chi connectivity index (χ0v) is 14.6. The minimum absolute atomic E-state index is 0.416. The summed E-state index contributed by atoms with van der Waals surface area (Å²) in [6, 6.07) is 5.83. The summed E-state index contributed by atoms with van der Waals surface area (Å²) in [4.78, 5) is 4.59. The molecule has 1 saturated carbocycles. The first-order valence-corrected chi connectivity index (χ1v) is 8.41. The van der Waals surface area contributed by atoms with Gasteiger partial charge in [-0.15, -0.1) is 0 Å². The molecule has 2 N–H and O–H groups in total. The van der Waals surface area contributed by atoms with Crippen LogP contribution < -0.4 is 5.73 Å².